The van der Waals surface area contributed by atoms with Crippen molar-refractivity contribution in [3.05, 3.63) is 158 Å². The fraction of sp³-hybridized carbons (Fsp3) is 0. The van der Waals surface area contributed by atoms with Crippen molar-refractivity contribution in [3.63, 3.8) is 0 Å². The van der Waals surface area contributed by atoms with Crippen LogP contribution < -0.4 is 0 Å². The zero-order chi connectivity index (χ0) is 32.3. The van der Waals surface area contributed by atoms with Crippen LogP contribution in [0.4, 0.5) is 0 Å². The van der Waals surface area contributed by atoms with Gasteiger partial charge in [-0.1, -0.05) is 103 Å². The van der Waals surface area contributed by atoms with Crippen LogP contribution in [0.5, 0.6) is 0 Å². The van der Waals surface area contributed by atoms with Crippen LogP contribution in [0, 0.1) is 0 Å². The van der Waals surface area contributed by atoms with E-state index in [1.54, 1.807) is 0 Å². The smallest absolute Gasteiger partial charge is 0.167 e. The Balaban J connectivity index is 1.16. The first-order valence-corrected chi connectivity index (χ1v) is 16.3. The van der Waals surface area contributed by atoms with E-state index >= 15 is 0 Å². The first-order chi connectivity index (χ1) is 24.2. The number of aromatic nitrogens is 4. The van der Waals surface area contributed by atoms with Crippen LogP contribution >= 0.6 is 0 Å². The van der Waals surface area contributed by atoms with E-state index in [-0.39, 0.29) is 0 Å². The van der Waals surface area contributed by atoms with Gasteiger partial charge in [-0.2, -0.15) is 0 Å². The molecular weight excluding hydrogens is 601 g/mol. The van der Waals surface area contributed by atoms with Crippen LogP contribution in [-0.2, 0) is 0 Å². The van der Waals surface area contributed by atoms with Crippen LogP contribution in [0.15, 0.2) is 162 Å². The second-order valence-electron chi connectivity index (χ2n) is 12.3. The van der Waals surface area contributed by atoms with Gasteiger partial charge in [0.1, 0.15) is 11.2 Å². The number of hydrogen-bond donors (Lipinski definition) is 0. The largest absolute Gasteiger partial charge is 0.455 e. The highest BCUT2D eigenvalue weighted by Crippen LogP contribution is 2.36. The van der Waals surface area contributed by atoms with Crippen molar-refractivity contribution in [2.45, 2.75) is 0 Å². The minimum absolute atomic E-state index is 0.566. The van der Waals surface area contributed by atoms with Gasteiger partial charge in [-0.3, -0.25) is 4.98 Å². The maximum absolute atomic E-state index is 6.42. The molecule has 5 nitrogen and oxygen atoms in total. The lowest BCUT2D eigenvalue weighted by molar-refractivity contribution is 0.669. The molecule has 0 aliphatic carbocycles. The highest BCUT2D eigenvalue weighted by molar-refractivity contribution is 6.09. The molecule has 0 radical (unpaired) electrons. The van der Waals surface area contributed by atoms with Gasteiger partial charge < -0.3 is 4.42 Å². The fourth-order valence-corrected chi connectivity index (χ4v) is 6.83. The summed E-state index contributed by atoms with van der Waals surface area (Å²) in [4.78, 5) is 19.8. The van der Waals surface area contributed by atoms with Crippen molar-refractivity contribution in [2.75, 3.05) is 0 Å². The van der Waals surface area contributed by atoms with Gasteiger partial charge in [0.2, 0.25) is 0 Å². The summed E-state index contributed by atoms with van der Waals surface area (Å²) in [5.74, 6) is 1.78. The maximum Gasteiger partial charge on any atom is 0.167 e. The van der Waals surface area contributed by atoms with Gasteiger partial charge in [-0.25, -0.2) is 15.0 Å². The molecule has 10 rings (SSSR count). The number of fused-ring (bicyclic) bond motifs is 6. The van der Waals surface area contributed by atoms with E-state index in [1.807, 2.05) is 42.6 Å². The van der Waals surface area contributed by atoms with Crippen LogP contribution in [0.25, 0.3) is 99.7 Å². The number of nitrogens with zero attached hydrogens (tertiary/aromatic N) is 4. The minimum Gasteiger partial charge on any atom is -0.455 e. The van der Waals surface area contributed by atoms with Gasteiger partial charge >= 0.3 is 0 Å². The summed E-state index contributed by atoms with van der Waals surface area (Å²) in [5.41, 5.74) is 7.53. The molecule has 0 amide bonds. The van der Waals surface area contributed by atoms with Crippen molar-refractivity contribution in [1.82, 2.24) is 19.9 Å². The molecular formula is C44H26N4O. The Hall–Kier alpha value is -6.72. The molecule has 7 aromatic carbocycles. The van der Waals surface area contributed by atoms with Gasteiger partial charge in [0.25, 0.3) is 0 Å². The Morgan fingerprint density at radius 2 is 0.980 bits per heavy atom. The molecule has 0 aliphatic rings. The van der Waals surface area contributed by atoms with E-state index in [0.717, 1.165) is 76.8 Å². The molecule has 0 bridgehead atoms. The second kappa shape index (κ2) is 10.9. The molecule has 49 heavy (non-hydrogen) atoms. The third-order valence-electron chi connectivity index (χ3n) is 9.32. The lowest BCUT2D eigenvalue weighted by Gasteiger charge is -2.11. The molecule has 10 aromatic rings. The normalized spacial score (nSPS) is 11.7. The Morgan fingerprint density at radius 1 is 0.388 bits per heavy atom. The van der Waals surface area contributed by atoms with Gasteiger partial charge in [0, 0.05) is 33.5 Å². The van der Waals surface area contributed by atoms with Crippen molar-refractivity contribution in [3.8, 4) is 45.3 Å². The lowest BCUT2D eigenvalue weighted by atomic mass is 9.98. The third kappa shape index (κ3) is 4.71. The van der Waals surface area contributed by atoms with E-state index in [0.29, 0.717) is 17.5 Å². The second-order valence-corrected chi connectivity index (χ2v) is 12.3. The predicted molar refractivity (Wildman–Crippen MR) is 199 cm³/mol. The molecule has 5 heteroatoms. The summed E-state index contributed by atoms with van der Waals surface area (Å²) in [6.45, 7) is 0. The number of rotatable bonds is 4. The average Bonchev–Trinajstić information content (AvgIpc) is 3.56. The van der Waals surface area contributed by atoms with E-state index < -0.39 is 0 Å². The molecule has 0 fully saturated rings. The highest BCUT2D eigenvalue weighted by atomic mass is 16.3. The molecule has 0 atom stereocenters. The Bertz CT molecular complexity index is 2910. The standard InChI is InChI=1S/C44H26N4O/c1-2-8-29-24-33(18-15-27(29)7-1)42-46-43(48-44(47-42)38-12-5-11-37-36-10-3-4-13-40(36)49-41(37)38)34-19-16-28-14-17-30(25-35(28)26-34)31-20-21-39-32(23-31)9-6-22-45-39/h1-26H. The topological polar surface area (TPSA) is 64.7 Å². The zero-order valence-electron chi connectivity index (χ0n) is 26.2. The first-order valence-electron chi connectivity index (χ1n) is 16.3. The minimum atomic E-state index is 0.566. The number of furan rings is 1. The summed E-state index contributed by atoms with van der Waals surface area (Å²) in [6.07, 6.45) is 1.83. The van der Waals surface area contributed by atoms with E-state index in [2.05, 4.69) is 120 Å². The van der Waals surface area contributed by atoms with Crippen LogP contribution in [-0.4, -0.2) is 19.9 Å². The Morgan fingerprint density at radius 3 is 1.82 bits per heavy atom. The molecule has 0 unspecified atom stereocenters. The lowest BCUT2D eigenvalue weighted by Crippen LogP contribution is -2.00. The summed E-state index contributed by atoms with van der Waals surface area (Å²) in [5, 5.41) is 7.76. The molecule has 228 valence electrons. The van der Waals surface area contributed by atoms with Crippen molar-refractivity contribution < 1.29 is 4.42 Å². The Kier molecular flexibility index (Phi) is 6.11. The average molecular weight is 627 g/mol. The van der Waals surface area contributed by atoms with Crippen LogP contribution in [0.1, 0.15) is 0 Å². The number of pyridine rings is 1. The van der Waals surface area contributed by atoms with Crippen LogP contribution in [0.2, 0.25) is 0 Å². The molecule has 0 saturated carbocycles. The SMILES string of the molecule is c1ccc2cc(-c3nc(-c4ccc5ccc(-c6ccc7ncccc7c6)cc5c4)nc(-c4cccc5c4oc4ccccc45)n3)ccc2c1. The summed E-state index contributed by atoms with van der Waals surface area (Å²) in [6, 6.07) is 52.4. The molecule has 3 aromatic heterocycles. The number of hydrogen-bond acceptors (Lipinski definition) is 5. The predicted octanol–water partition coefficient (Wildman–Crippen LogP) is 11.3. The highest BCUT2D eigenvalue weighted by Gasteiger charge is 2.18. The maximum atomic E-state index is 6.42. The van der Waals surface area contributed by atoms with Crippen LogP contribution in [0.3, 0.4) is 0 Å². The van der Waals surface area contributed by atoms with E-state index in [4.69, 9.17) is 19.4 Å². The summed E-state index contributed by atoms with van der Waals surface area (Å²) >= 11 is 0. The molecule has 0 saturated heterocycles. The van der Waals surface area contributed by atoms with Crippen molar-refractivity contribution in [1.29, 1.82) is 0 Å². The van der Waals surface area contributed by atoms with Gasteiger partial charge in [0.15, 0.2) is 17.5 Å². The number of para-hydroxylation sites is 2. The van der Waals surface area contributed by atoms with E-state index in [1.165, 1.54) is 5.39 Å². The number of benzene rings is 7. The van der Waals surface area contributed by atoms with E-state index in [9.17, 15) is 0 Å². The Labute approximate surface area is 281 Å². The summed E-state index contributed by atoms with van der Waals surface area (Å²) < 4.78 is 6.42. The molecule has 3 heterocycles. The monoisotopic (exact) mass is 626 g/mol. The van der Waals surface area contributed by atoms with Crippen molar-refractivity contribution >= 4 is 54.4 Å². The van der Waals surface area contributed by atoms with Gasteiger partial charge in [-0.05, 0) is 81.2 Å². The van der Waals surface area contributed by atoms with Crippen molar-refractivity contribution in [2.24, 2.45) is 0 Å². The molecule has 0 N–H and O–H groups in total. The quantitative estimate of drug-likeness (QED) is 0.194. The van der Waals surface area contributed by atoms with Gasteiger partial charge in [-0.15, -0.1) is 0 Å². The molecule has 0 aliphatic heterocycles. The fourth-order valence-electron chi connectivity index (χ4n) is 6.83. The molecule has 0 spiro atoms. The van der Waals surface area contributed by atoms with Gasteiger partial charge in [0.05, 0.1) is 11.1 Å². The zero-order valence-corrected chi connectivity index (χ0v) is 26.2. The first kappa shape index (κ1) is 27.4. The summed E-state index contributed by atoms with van der Waals surface area (Å²) in [7, 11) is 0. The third-order valence-corrected chi connectivity index (χ3v) is 9.32.